The Balaban J connectivity index is 2.63. The highest BCUT2D eigenvalue weighted by Gasteiger charge is 1.99. The van der Waals surface area contributed by atoms with Crippen molar-refractivity contribution in [1.82, 2.24) is 5.32 Å². The quantitative estimate of drug-likeness (QED) is 0.779. The van der Waals surface area contributed by atoms with E-state index in [1.807, 2.05) is 0 Å². The van der Waals surface area contributed by atoms with Crippen LogP contribution in [-0.2, 0) is 0 Å². The minimum absolute atomic E-state index is 0.714. The second-order valence-corrected chi connectivity index (χ2v) is 5.04. The monoisotopic (exact) mass is 231 g/mol. The van der Waals surface area contributed by atoms with E-state index in [1.54, 1.807) is 0 Å². The van der Waals surface area contributed by atoms with E-state index in [0.29, 0.717) is 5.92 Å². The van der Waals surface area contributed by atoms with E-state index in [9.17, 15) is 0 Å². The summed E-state index contributed by atoms with van der Waals surface area (Å²) < 4.78 is 0. The molecule has 1 aromatic carbocycles. The zero-order valence-electron chi connectivity index (χ0n) is 11.6. The SMILES string of the molecule is CCC(=Cc1ccccc1C)CNCC(C)C. The summed E-state index contributed by atoms with van der Waals surface area (Å²) in [5, 5.41) is 3.51. The van der Waals surface area contributed by atoms with E-state index < -0.39 is 0 Å². The molecule has 0 amide bonds. The van der Waals surface area contributed by atoms with Crippen LogP contribution in [0.5, 0.6) is 0 Å². The second-order valence-electron chi connectivity index (χ2n) is 5.04. The molecule has 17 heavy (non-hydrogen) atoms. The molecule has 0 spiro atoms. The van der Waals surface area contributed by atoms with Crippen LogP contribution >= 0.6 is 0 Å². The number of benzene rings is 1. The highest BCUT2D eigenvalue weighted by atomic mass is 14.9. The predicted octanol–water partition coefficient (Wildman–Crippen LogP) is 4.03. The molecule has 0 aliphatic carbocycles. The van der Waals surface area contributed by atoms with Gasteiger partial charge in [-0.1, -0.05) is 56.7 Å². The highest BCUT2D eigenvalue weighted by Crippen LogP contribution is 2.13. The summed E-state index contributed by atoms with van der Waals surface area (Å²) in [5.74, 6) is 0.714. The van der Waals surface area contributed by atoms with Gasteiger partial charge in [0, 0.05) is 6.54 Å². The molecular formula is C16H25N. The minimum atomic E-state index is 0.714. The van der Waals surface area contributed by atoms with Gasteiger partial charge in [-0.2, -0.15) is 0 Å². The van der Waals surface area contributed by atoms with E-state index >= 15 is 0 Å². The summed E-state index contributed by atoms with van der Waals surface area (Å²) in [7, 11) is 0. The van der Waals surface area contributed by atoms with Gasteiger partial charge in [0.05, 0.1) is 0 Å². The normalized spacial score (nSPS) is 12.2. The van der Waals surface area contributed by atoms with Gasteiger partial charge in [-0.25, -0.2) is 0 Å². The highest BCUT2D eigenvalue weighted by molar-refractivity contribution is 5.56. The van der Waals surface area contributed by atoms with Crippen molar-refractivity contribution >= 4 is 6.08 Å². The molecule has 0 bridgehead atoms. The molecule has 0 aliphatic rings. The largest absolute Gasteiger partial charge is 0.313 e. The molecule has 0 fully saturated rings. The van der Waals surface area contributed by atoms with Gasteiger partial charge in [-0.3, -0.25) is 0 Å². The average molecular weight is 231 g/mol. The van der Waals surface area contributed by atoms with E-state index in [1.165, 1.54) is 16.7 Å². The molecule has 0 heterocycles. The summed E-state index contributed by atoms with van der Waals surface area (Å²) in [6.45, 7) is 11.0. The van der Waals surface area contributed by atoms with Crippen LogP contribution in [0.15, 0.2) is 29.8 Å². The van der Waals surface area contributed by atoms with Gasteiger partial charge in [-0.05, 0) is 36.9 Å². The van der Waals surface area contributed by atoms with Crippen molar-refractivity contribution in [1.29, 1.82) is 0 Å². The summed E-state index contributed by atoms with van der Waals surface area (Å²) in [6, 6.07) is 8.55. The molecule has 0 saturated heterocycles. The fourth-order valence-electron chi connectivity index (χ4n) is 1.77. The summed E-state index contributed by atoms with van der Waals surface area (Å²) in [4.78, 5) is 0. The van der Waals surface area contributed by atoms with Gasteiger partial charge >= 0.3 is 0 Å². The van der Waals surface area contributed by atoms with Crippen molar-refractivity contribution in [3.05, 3.63) is 41.0 Å². The lowest BCUT2D eigenvalue weighted by molar-refractivity contribution is 0.569. The average Bonchev–Trinajstić information content (AvgIpc) is 2.30. The van der Waals surface area contributed by atoms with Crippen LogP contribution in [0.4, 0.5) is 0 Å². The maximum atomic E-state index is 3.51. The van der Waals surface area contributed by atoms with Crippen molar-refractivity contribution in [2.24, 2.45) is 5.92 Å². The van der Waals surface area contributed by atoms with Crippen LogP contribution in [0.3, 0.4) is 0 Å². The Morgan fingerprint density at radius 1 is 1.29 bits per heavy atom. The van der Waals surface area contributed by atoms with Gasteiger partial charge < -0.3 is 5.32 Å². The van der Waals surface area contributed by atoms with Gasteiger partial charge in [-0.15, -0.1) is 0 Å². The van der Waals surface area contributed by atoms with Crippen LogP contribution in [0.25, 0.3) is 6.08 Å². The maximum absolute atomic E-state index is 3.51. The summed E-state index contributed by atoms with van der Waals surface area (Å²) in [5.41, 5.74) is 4.16. The number of aryl methyl sites for hydroxylation is 1. The first kappa shape index (κ1) is 14.0. The van der Waals surface area contributed by atoms with Crippen LogP contribution < -0.4 is 5.32 Å². The Morgan fingerprint density at radius 3 is 2.59 bits per heavy atom. The van der Waals surface area contributed by atoms with Crippen molar-refractivity contribution in [2.45, 2.75) is 34.1 Å². The van der Waals surface area contributed by atoms with Gasteiger partial charge in [0.1, 0.15) is 0 Å². The second kappa shape index (κ2) is 7.29. The molecule has 0 radical (unpaired) electrons. The van der Waals surface area contributed by atoms with Crippen molar-refractivity contribution in [3.8, 4) is 0 Å². The van der Waals surface area contributed by atoms with E-state index in [0.717, 1.165) is 19.5 Å². The zero-order chi connectivity index (χ0) is 12.7. The van der Waals surface area contributed by atoms with Crippen LogP contribution in [0, 0.1) is 12.8 Å². The summed E-state index contributed by atoms with van der Waals surface area (Å²) >= 11 is 0. The van der Waals surface area contributed by atoms with Crippen LogP contribution in [-0.4, -0.2) is 13.1 Å². The first-order valence-corrected chi connectivity index (χ1v) is 6.59. The van der Waals surface area contributed by atoms with Gasteiger partial charge in [0.2, 0.25) is 0 Å². The lowest BCUT2D eigenvalue weighted by Crippen LogP contribution is -2.21. The van der Waals surface area contributed by atoms with Gasteiger partial charge in [0.25, 0.3) is 0 Å². The van der Waals surface area contributed by atoms with Crippen LogP contribution in [0.1, 0.15) is 38.3 Å². The van der Waals surface area contributed by atoms with Gasteiger partial charge in [0.15, 0.2) is 0 Å². The van der Waals surface area contributed by atoms with Crippen molar-refractivity contribution < 1.29 is 0 Å². The Hall–Kier alpha value is -1.08. The molecule has 0 saturated carbocycles. The molecule has 1 rings (SSSR count). The fourth-order valence-corrected chi connectivity index (χ4v) is 1.77. The topological polar surface area (TPSA) is 12.0 Å². The third-order valence-corrected chi connectivity index (χ3v) is 2.91. The molecule has 94 valence electrons. The third-order valence-electron chi connectivity index (χ3n) is 2.91. The lowest BCUT2D eigenvalue weighted by Gasteiger charge is -2.10. The Labute approximate surface area is 106 Å². The van der Waals surface area contributed by atoms with Crippen molar-refractivity contribution in [2.75, 3.05) is 13.1 Å². The Kier molecular flexibility index (Phi) is 5.99. The van der Waals surface area contributed by atoms with Crippen LogP contribution in [0.2, 0.25) is 0 Å². The Bertz CT molecular complexity index is 364. The number of rotatable bonds is 6. The standard InChI is InChI=1S/C16H25N/c1-5-15(12-17-11-13(2)3)10-16-9-7-6-8-14(16)4/h6-10,13,17H,5,11-12H2,1-4H3. The van der Waals surface area contributed by atoms with E-state index in [4.69, 9.17) is 0 Å². The molecule has 1 aromatic rings. The first-order chi connectivity index (χ1) is 8.13. The van der Waals surface area contributed by atoms with E-state index in [2.05, 4.69) is 63.4 Å². The number of nitrogens with one attached hydrogen (secondary N) is 1. The predicted molar refractivity (Wildman–Crippen MR) is 77.2 cm³/mol. The molecule has 1 heteroatoms. The van der Waals surface area contributed by atoms with E-state index in [-0.39, 0.29) is 0 Å². The maximum Gasteiger partial charge on any atom is 0.0167 e. The molecular weight excluding hydrogens is 206 g/mol. The molecule has 1 nitrogen and oxygen atoms in total. The summed E-state index contributed by atoms with van der Waals surface area (Å²) in [6.07, 6.45) is 3.43. The third kappa shape index (κ3) is 5.18. The molecule has 1 N–H and O–H groups in total. The fraction of sp³-hybridized carbons (Fsp3) is 0.500. The Morgan fingerprint density at radius 2 is 2.00 bits per heavy atom. The number of hydrogen-bond acceptors (Lipinski definition) is 1. The lowest BCUT2D eigenvalue weighted by atomic mass is 10.0. The first-order valence-electron chi connectivity index (χ1n) is 6.59. The smallest absolute Gasteiger partial charge is 0.0167 e. The molecule has 0 aliphatic heterocycles. The molecule has 0 aromatic heterocycles. The zero-order valence-corrected chi connectivity index (χ0v) is 11.6. The van der Waals surface area contributed by atoms with Crippen molar-refractivity contribution in [3.63, 3.8) is 0 Å². The molecule has 0 atom stereocenters. The molecule has 0 unspecified atom stereocenters. The minimum Gasteiger partial charge on any atom is -0.313 e. The number of hydrogen-bond donors (Lipinski definition) is 1.